The van der Waals surface area contributed by atoms with Gasteiger partial charge in [0.2, 0.25) is 5.91 Å². The summed E-state index contributed by atoms with van der Waals surface area (Å²) in [4.78, 5) is 11.7. The highest BCUT2D eigenvalue weighted by Gasteiger charge is 2.19. The summed E-state index contributed by atoms with van der Waals surface area (Å²) in [5, 5.41) is 12.3. The largest absolute Gasteiger partial charge is 0.389 e. The van der Waals surface area contributed by atoms with Crippen molar-refractivity contribution in [2.45, 2.75) is 59.0 Å². The molecule has 90 valence electrons. The summed E-state index contributed by atoms with van der Waals surface area (Å²) in [5.41, 5.74) is -0.821. The van der Waals surface area contributed by atoms with Gasteiger partial charge in [0, 0.05) is 12.5 Å². The fourth-order valence-electron chi connectivity index (χ4n) is 1.55. The number of hydrogen-bond acceptors (Lipinski definition) is 2. The van der Waals surface area contributed by atoms with Gasteiger partial charge in [0.1, 0.15) is 0 Å². The Balaban J connectivity index is 4.02. The van der Waals surface area contributed by atoms with Gasteiger partial charge in [0.05, 0.1) is 5.60 Å². The molecule has 0 saturated carbocycles. The third kappa shape index (κ3) is 7.37. The maximum Gasteiger partial charge on any atom is 0.223 e. The van der Waals surface area contributed by atoms with Gasteiger partial charge in [-0.3, -0.25) is 4.79 Å². The van der Waals surface area contributed by atoms with Gasteiger partial charge < -0.3 is 10.4 Å². The second kappa shape index (κ2) is 6.83. The molecule has 0 atom stereocenters. The first-order chi connectivity index (χ1) is 6.90. The molecule has 0 aliphatic rings. The van der Waals surface area contributed by atoms with Crippen LogP contribution in [0, 0.1) is 5.92 Å². The van der Waals surface area contributed by atoms with Gasteiger partial charge in [-0.25, -0.2) is 0 Å². The monoisotopic (exact) mass is 215 g/mol. The van der Waals surface area contributed by atoms with Crippen LogP contribution in [0.15, 0.2) is 0 Å². The van der Waals surface area contributed by atoms with Gasteiger partial charge >= 0.3 is 0 Å². The molecule has 0 radical (unpaired) electrons. The highest BCUT2D eigenvalue weighted by Crippen LogP contribution is 2.13. The Hall–Kier alpha value is -0.570. The van der Waals surface area contributed by atoms with Crippen molar-refractivity contribution >= 4 is 5.91 Å². The molecular weight excluding hydrogens is 190 g/mol. The second-order valence-corrected chi connectivity index (χ2v) is 4.80. The molecule has 0 aromatic carbocycles. The van der Waals surface area contributed by atoms with Crippen molar-refractivity contribution in [2.75, 3.05) is 6.54 Å². The van der Waals surface area contributed by atoms with Crippen LogP contribution in [0.25, 0.3) is 0 Å². The van der Waals surface area contributed by atoms with Crippen LogP contribution in [0.1, 0.15) is 53.4 Å². The first-order valence-electron chi connectivity index (χ1n) is 5.90. The van der Waals surface area contributed by atoms with Crippen LogP contribution in [0.4, 0.5) is 0 Å². The first-order valence-corrected chi connectivity index (χ1v) is 5.90. The van der Waals surface area contributed by atoms with Gasteiger partial charge in [-0.2, -0.15) is 0 Å². The minimum absolute atomic E-state index is 0.0841. The Morgan fingerprint density at radius 1 is 1.27 bits per heavy atom. The van der Waals surface area contributed by atoms with Crippen molar-refractivity contribution in [3.63, 3.8) is 0 Å². The molecule has 0 rings (SSSR count). The molecule has 0 aliphatic carbocycles. The summed E-state index contributed by atoms with van der Waals surface area (Å²) in [6, 6.07) is 0. The Labute approximate surface area is 93.3 Å². The van der Waals surface area contributed by atoms with Crippen LogP contribution >= 0.6 is 0 Å². The van der Waals surface area contributed by atoms with Gasteiger partial charge in [-0.15, -0.1) is 0 Å². The maximum absolute atomic E-state index is 11.7. The second-order valence-electron chi connectivity index (χ2n) is 4.80. The predicted molar refractivity (Wildman–Crippen MR) is 62.6 cm³/mol. The molecule has 0 unspecified atom stereocenters. The lowest BCUT2D eigenvalue weighted by molar-refractivity contribution is -0.126. The summed E-state index contributed by atoms with van der Waals surface area (Å²) < 4.78 is 0. The number of carbonyl (C=O) groups is 1. The SMILES string of the molecule is CCCC(CCC)C(=O)NCC(C)(C)O. The molecule has 0 saturated heterocycles. The standard InChI is InChI=1S/C12H25NO2/c1-5-7-10(8-6-2)11(14)13-9-12(3,4)15/h10,15H,5-9H2,1-4H3,(H,13,14). The number of rotatable bonds is 7. The number of nitrogens with one attached hydrogen (secondary N) is 1. The molecule has 1 amide bonds. The maximum atomic E-state index is 11.7. The third-order valence-corrected chi connectivity index (χ3v) is 2.34. The van der Waals surface area contributed by atoms with Crippen LogP contribution in [-0.2, 0) is 4.79 Å². The lowest BCUT2D eigenvalue weighted by atomic mass is 9.97. The highest BCUT2D eigenvalue weighted by atomic mass is 16.3. The molecule has 0 bridgehead atoms. The Bertz CT molecular complexity index is 179. The molecule has 0 aromatic rings. The fourth-order valence-corrected chi connectivity index (χ4v) is 1.55. The Kier molecular flexibility index (Phi) is 6.57. The molecule has 3 nitrogen and oxygen atoms in total. The lowest BCUT2D eigenvalue weighted by Crippen LogP contribution is -2.41. The minimum Gasteiger partial charge on any atom is -0.389 e. The summed E-state index contributed by atoms with van der Waals surface area (Å²) in [7, 11) is 0. The topological polar surface area (TPSA) is 49.3 Å². The average Bonchev–Trinajstić information content (AvgIpc) is 2.13. The lowest BCUT2D eigenvalue weighted by Gasteiger charge is -2.21. The van der Waals surface area contributed by atoms with Gasteiger partial charge in [-0.1, -0.05) is 26.7 Å². The Morgan fingerprint density at radius 3 is 2.07 bits per heavy atom. The van der Waals surface area contributed by atoms with Crippen molar-refractivity contribution < 1.29 is 9.90 Å². The van der Waals surface area contributed by atoms with E-state index in [0.29, 0.717) is 6.54 Å². The van der Waals surface area contributed by atoms with E-state index in [1.807, 2.05) is 0 Å². The van der Waals surface area contributed by atoms with Crippen molar-refractivity contribution in [1.82, 2.24) is 5.32 Å². The van der Waals surface area contributed by atoms with Crippen LogP contribution in [0.2, 0.25) is 0 Å². The normalized spacial score (nSPS) is 11.9. The number of amides is 1. The molecule has 2 N–H and O–H groups in total. The Morgan fingerprint density at radius 2 is 1.73 bits per heavy atom. The molecule has 0 heterocycles. The zero-order chi connectivity index (χ0) is 11.9. The number of carbonyl (C=O) groups excluding carboxylic acids is 1. The zero-order valence-electron chi connectivity index (χ0n) is 10.5. The van der Waals surface area contributed by atoms with E-state index in [-0.39, 0.29) is 11.8 Å². The van der Waals surface area contributed by atoms with E-state index in [9.17, 15) is 9.90 Å². The molecule has 0 aromatic heterocycles. The van der Waals surface area contributed by atoms with E-state index < -0.39 is 5.60 Å². The molecule has 15 heavy (non-hydrogen) atoms. The minimum atomic E-state index is -0.821. The van der Waals surface area contributed by atoms with E-state index in [4.69, 9.17) is 0 Å². The van der Waals surface area contributed by atoms with Gasteiger partial charge in [-0.05, 0) is 26.7 Å². The van der Waals surface area contributed by atoms with Crippen molar-refractivity contribution in [1.29, 1.82) is 0 Å². The zero-order valence-corrected chi connectivity index (χ0v) is 10.5. The van der Waals surface area contributed by atoms with Crippen LogP contribution in [0.5, 0.6) is 0 Å². The first kappa shape index (κ1) is 14.4. The van der Waals surface area contributed by atoms with E-state index in [0.717, 1.165) is 25.7 Å². The van der Waals surface area contributed by atoms with E-state index in [2.05, 4.69) is 19.2 Å². The predicted octanol–water partition coefficient (Wildman–Crippen LogP) is 2.09. The fraction of sp³-hybridized carbons (Fsp3) is 0.917. The van der Waals surface area contributed by atoms with E-state index >= 15 is 0 Å². The summed E-state index contributed by atoms with van der Waals surface area (Å²) in [5.74, 6) is 0.197. The summed E-state index contributed by atoms with van der Waals surface area (Å²) in [6.07, 6.45) is 3.93. The van der Waals surface area contributed by atoms with Crippen LogP contribution in [0.3, 0.4) is 0 Å². The quantitative estimate of drug-likeness (QED) is 0.683. The molecule has 0 aliphatic heterocycles. The van der Waals surface area contributed by atoms with Crippen LogP contribution < -0.4 is 5.32 Å². The number of hydrogen-bond donors (Lipinski definition) is 2. The smallest absolute Gasteiger partial charge is 0.223 e. The molecular formula is C12H25NO2. The molecule has 3 heteroatoms. The highest BCUT2D eigenvalue weighted by molar-refractivity contribution is 5.78. The van der Waals surface area contributed by atoms with Gasteiger partial charge in [0.25, 0.3) is 0 Å². The van der Waals surface area contributed by atoms with E-state index in [1.54, 1.807) is 13.8 Å². The summed E-state index contributed by atoms with van der Waals surface area (Å²) in [6.45, 7) is 7.90. The third-order valence-electron chi connectivity index (χ3n) is 2.34. The van der Waals surface area contributed by atoms with Gasteiger partial charge in [0.15, 0.2) is 0 Å². The molecule has 0 spiro atoms. The average molecular weight is 215 g/mol. The number of aliphatic hydroxyl groups is 1. The van der Waals surface area contributed by atoms with Crippen molar-refractivity contribution in [2.24, 2.45) is 5.92 Å². The van der Waals surface area contributed by atoms with Crippen molar-refractivity contribution in [3.8, 4) is 0 Å². The van der Waals surface area contributed by atoms with E-state index in [1.165, 1.54) is 0 Å². The van der Waals surface area contributed by atoms with Crippen LogP contribution in [-0.4, -0.2) is 23.2 Å². The molecule has 0 fully saturated rings. The van der Waals surface area contributed by atoms with Crippen molar-refractivity contribution in [3.05, 3.63) is 0 Å². The summed E-state index contributed by atoms with van der Waals surface area (Å²) >= 11 is 0.